The minimum absolute atomic E-state index is 0.0208. The van der Waals surface area contributed by atoms with E-state index in [1.54, 1.807) is 0 Å². The van der Waals surface area contributed by atoms with Gasteiger partial charge in [0.25, 0.3) is 5.69 Å². The molecule has 1 saturated heterocycles. The van der Waals surface area contributed by atoms with Gasteiger partial charge in [-0.05, 0) is 44.1 Å². The van der Waals surface area contributed by atoms with Gasteiger partial charge in [0.2, 0.25) is 10.0 Å². The predicted octanol–water partition coefficient (Wildman–Crippen LogP) is 2.61. The number of anilines is 1. The number of hydrogen-bond donors (Lipinski definition) is 1. The van der Waals surface area contributed by atoms with Crippen molar-refractivity contribution >= 4 is 21.4 Å². The highest BCUT2D eigenvalue weighted by Crippen LogP contribution is 2.31. The van der Waals surface area contributed by atoms with Crippen LogP contribution in [0, 0.1) is 16.0 Å². The van der Waals surface area contributed by atoms with Crippen LogP contribution < -0.4 is 5.32 Å². The molecule has 1 heterocycles. The fourth-order valence-corrected chi connectivity index (χ4v) is 4.69. The molecule has 1 aromatic carbocycles. The zero-order chi connectivity index (χ0) is 18.6. The Labute approximate surface area is 153 Å². The van der Waals surface area contributed by atoms with Crippen molar-refractivity contribution < 1.29 is 18.1 Å². The fraction of sp³-hybridized carbons (Fsp3) is 0.647. The van der Waals surface area contributed by atoms with Crippen LogP contribution in [0.25, 0.3) is 0 Å². The molecule has 3 rings (SSSR count). The van der Waals surface area contributed by atoms with Crippen molar-refractivity contribution in [3.63, 3.8) is 0 Å². The van der Waals surface area contributed by atoms with Crippen LogP contribution in [0.1, 0.15) is 32.1 Å². The number of nitrogens with zero attached hydrogens (tertiary/aromatic N) is 2. The Bertz CT molecular complexity index is 743. The second-order valence-electron chi connectivity index (χ2n) is 6.85. The SMILES string of the molecule is O=[N+]([O-])c1ccc(NCCCOCC2CC2)c(S(=O)(=O)N2CCCC2)c1. The standard InChI is InChI=1S/C17H25N3O5S/c21-20(22)15-6-7-16(18-8-3-11-25-13-14-4-5-14)17(12-15)26(23,24)19-9-1-2-10-19/h6-7,12,14,18H,1-5,8-11,13H2. The van der Waals surface area contributed by atoms with E-state index in [9.17, 15) is 18.5 Å². The molecule has 0 spiro atoms. The lowest BCUT2D eigenvalue weighted by Gasteiger charge is -2.18. The van der Waals surface area contributed by atoms with Crippen molar-refractivity contribution in [3.05, 3.63) is 28.3 Å². The van der Waals surface area contributed by atoms with Gasteiger partial charge in [0, 0.05) is 45.0 Å². The quantitative estimate of drug-likeness (QED) is 0.378. The molecule has 1 aliphatic carbocycles. The lowest BCUT2D eigenvalue weighted by atomic mass is 10.2. The van der Waals surface area contributed by atoms with Crippen LogP contribution in [0.2, 0.25) is 0 Å². The van der Waals surface area contributed by atoms with Gasteiger partial charge in [-0.3, -0.25) is 10.1 Å². The molecule has 1 aromatic rings. The van der Waals surface area contributed by atoms with Crippen molar-refractivity contribution in [1.82, 2.24) is 4.31 Å². The summed E-state index contributed by atoms with van der Waals surface area (Å²) in [6.45, 7) is 2.88. The number of benzene rings is 1. The fourth-order valence-electron chi connectivity index (χ4n) is 2.98. The van der Waals surface area contributed by atoms with E-state index in [1.165, 1.54) is 29.3 Å². The Kier molecular flexibility index (Phi) is 6.10. The Morgan fingerprint density at radius 2 is 2.00 bits per heavy atom. The molecule has 1 saturated carbocycles. The highest BCUT2D eigenvalue weighted by Gasteiger charge is 2.30. The molecule has 0 unspecified atom stereocenters. The minimum Gasteiger partial charge on any atom is -0.384 e. The Balaban J connectivity index is 1.67. The Morgan fingerprint density at radius 3 is 2.65 bits per heavy atom. The van der Waals surface area contributed by atoms with Crippen molar-refractivity contribution in [2.75, 3.05) is 38.2 Å². The third kappa shape index (κ3) is 4.72. The molecule has 0 amide bonds. The van der Waals surface area contributed by atoms with Gasteiger partial charge in [-0.25, -0.2) is 8.42 Å². The van der Waals surface area contributed by atoms with E-state index in [1.807, 2.05) is 0 Å². The smallest absolute Gasteiger partial charge is 0.270 e. The van der Waals surface area contributed by atoms with Crippen LogP contribution in [0.4, 0.5) is 11.4 Å². The van der Waals surface area contributed by atoms with Gasteiger partial charge in [0.15, 0.2) is 0 Å². The summed E-state index contributed by atoms with van der Waals surface area (Å²) in [5.41, 5.74) is 0.186. The molecule has 0 bridgehead atoms. The minimum atomic E-state index is -3.74. The Morgan fingerprint density at radius 1 is 1.27 bits per heavy atom. The maximum absolute atomic E-state index is 12.9. The highest BCUT2D eigenvalue weighted by molar-refractivity contribution is 7.89. The van der Waals surface area contributed by atoms with Crippen molar-refractivity contribution in [2.24, 2.45) is 5.92 Å². The van der Waals surface area contributed by atoms with Crippen molar-refractivity contribution in [1.29, 1.82) is 0 Å². The maximum Gasteiger partial charge on any atom is 0.270 e. The van der Waals surface area contributed by atoms with E-state index in [0.29, 0.717) is 31.9 Å². The second-order valence-corrected chi connectivity index (χ2v) is 8.75. The van der Waals surface area contributed by atoms with E-state index in [2.05, 4.69) is 5.32 Å². The first-order valence-electron chi connectivity index (χ1n) is 9.08. The molecule has 8 nitrogen and oxygen atoms in total. The summed E-state index contributed by atoms with van der Waals surface area (Å²) in [5.74, 6) is 0.717. The Hall–Kier alpha value is -1.71. The third-order valence-corrected chi connectivity index (χ3v) is 6.63. The number of nitrogens with one attached hydrogen (secondary N) is 1. The number of rotatable bonds is 10. The molecule has 0 aromatic heterocycles. The molecule has 2 aliphatic rings. The van der Waals surface area contributed by atoms with Gasteiger partial charge in [0.05, 0.1) is 10.6 Å². The van der Waals surface area contributed by atoms with Gasteiger partial charge in [-0.1, -0.05) is 0 Å². The highest BCUT2D eigenvalue weighted by atomic mass is 32.2. The molecule has 1 aliphatic heterocycles. The lowest BCUT2D eigenvalue weighted by Crippen LogP contribution is -2.28. The molecule has 9 heteroatoms. The summed E-state index contributed by atoms with van der Waals surface area (Å²) in [7, 11) is -3.74. The number of ether oxygens (including phenoxy) is 1. The molecule has 0 radical (unpaired) electrons. The van der Waals surface area contributed by atoms with Gasteiger partial charge in [-0.2, -0.15) is 4.31 Å². The molecule has 144 valence electrons. The van der Waals surface area contributed by atoms with Gasteiger partial charge < -0.3 is 10.1 Å². The average Bonchev–Trinajstić information content (AvgIpc) is 3.26. The van der Waals surface area contributed by atoms with Crippen LogP contribution in [0.15, 0.2) is 23.1 Å². The largest absolute Gasteiger partial charge is 0.384 e. The topological polar surface area (TPSA) is 102 Å². The molecular formula is C17H25N3O5S. The number of non-ortho nitro benzene ring substituents is 1. The molecule has 1 N–H and O–H groups in total. The van der Waals surface area contributed by atoms with Gasteiger partial charge in [0.1, 0.15) is 4.90 Å². The molecular weight excluding hydrogens is 358 g/mol. The number of hydrogen-bond acceptors (Lipinski definition) is 6. The predicted molar refractivity (Wildman–Crippen MR) is 97.7 cm³/mol. The molecule has 0 atom stereocenters. The lowest BCUT2D eigenvalue weighted by molar-refractivity contribution is -0.385. The van der Waals surface area contributed by atoms with E-state index in [-0.39, 0.29) is 10.6 Å². The van der Waals surface area contributed by atoms with Crippen molar-refractivity contribution in [2.45, 2.75) is 37.0 Å². The van der Waals surface area contributed by atoms with E-state index in [4.69, 9.17) is 4.74 Å². The first-order valence-corrected chi connectivity index (χ1v) is 10.5. The van der Waals surface area contributed by atoms with Crippen LogP contribution in [-0.4, -0.2) is 50.5 Å². The summed E-state index contributed by atoms with van der Waals surface area (Å²) in [5, 5.41) is 14.2. The summed E-state index contributed by atoms with van der Waals surface area (Å²) in [4.78, 5) is 10.5. The second kappa shape index (κ2) is 8.32. The van der Waals surface area contributed by atoms with Crippen LogP contribution in [0.3, 0.4) is 0 Å². The van der Waals surface area contributed by atoms with Crippen molar-refractivity contribution in [3.8, 4) is 0 Å². The summed E-state index contributed by atoms with van der Waals surface area (Å²) in [6, 6.07) is 3.96. The first-order chi connectivity index (χ1) is 12.5. The van der Waals surface area contributed by atoms with Gasteiger partial charge >= 0.3 is 0 Å². The van der Waals surface area contributed by atoms with E-state index < -0.39 is 14.9 Å². The van der Waals surface area contributed by atoms with Crippen LogP contribution in [0.5, 0.6) is 0 Å². The first kappa shape index (κ1) is 19.1. The maximum atomic E-state index is 12.9. The molecule has 2 fully saturated rings. The van der Waals surface area contributed by atoms with E-state index in [0.717, 1.165) is 37.9 Å². The summed E-state index contributed by atoms with van der Waals surface area (Å²) < 4.78 is 32.7. The summed E-state index contributed by atoms with van der Waals surface area (Å²) >= 11 is 0. The van der Waals surface area contributed by atoms with E-state index >= 15 is 0 Å². The zero-order valence-electron chi connectivity index (χ0n) is 14.7. The average molecular weight is 383 g/mol. The van der Waals surface area contributed by atoms with Crippen LogP contribution >= 0.6 is 0 Å². The summed E-state index contributed by atoms with van der Waals surface area (Å²) in [6.07, 6.45) is 4.87. The van der Waals surface area contributed by atoms with Gasteiger partial charge in [-0.15, -0.1) is 0 Å². The molecule has 26 heavy (non-hydrogen) atoms. The van der Waals surface area contributed by atoms with Crippen LogP contribution in [-0.2, 0) is 14.8 Å². The third-order valence-electron chi connectivity index (χ3n) is 4.69. The number of nitro groups is 1. The normalized spacial score (nSPS) is 18.2. The number of nitro benzene ring substituents is 1. The zero-order valence-corrected chi connectivity index (χ0v) is 15.5. The monoisotopic (exact) mass is 383 g/mol. The number of sulfonamides is 1.